The van der Waals surface area contributed by atoms with Gasteiger partial charge in [-0.15, -0.1) is 0 Å². The van der Waals surface area contributed by atoms with Crippen LogP contribution in [0.15, 0.2) is 29.4 Å². The minimum Gasteiger partial charge on any atom is -0.427 e. The third-order valence-electron chi connectivity index (χ3n) is 2.15. The fraction of sp³-hybridized carbons (Fsp3) is 0.182. The standard InChI is InChI=1S/C11H11F2N3O3/c1-15-6-8(5-14)7-2-3-9(16(17)18)10(4-7)19-11(12)13/h2-6,11H,14H2,1H3. The lowest BCUT2D eigenvalue weighted by Crippen LogP contribution is -2.05. The highest BCUT2D eigenvalue weighted by Gasteiger charge is 2.19. The number of alkyl halides is 2. The molecule has 8 heteroatoms. The van der Waals surface area contributed by atoms with Gasteiger partial charge in [0.05, 0.1) is 4.92 Å². The Hall–Kier alpha value is -2.51. The minimum absolute atomic E-state index is 0.384. The van der Waals surface area contributed by atoms with Crippen LogP contribution in [0.1, 0.15) is 5.56 Å². The van der Waals surface area contributed by atoms with E-state index in [4.69, 9.17) is 5.73 Å². The van der Waals surface area contributed by atoms with Crippen LogP contribution in [0, 0.1) is 10.1 Å². The predicted molar refractivity (Wildman–Crippen MR) is 66.3 cm³/mol. The molecule has 0 spiro atoms. The molecule has 0 heterocycles. The lowest BCUT2D eigenvalue weighted by Gasteiger charge is -2.08. The van der Waals surface area contributed by atoms with E-state index in [1.165, 1.54) is 25.5 Å². The lowest BCUT2D eigenvalue weighted by atomic mass is 10.1. The summed E-state index contributed by atoms with van der Waals surface area (Å²) in [6, 6.07) is 3.56. The number of halogens is 2. The second-order valence-electron chi connectivity index (χ2n) is 3.33. The maximum absolute atomic E-state index is 12.2. The Morgan fingerprint density at radius 1 is 1.58 bits per heavy atom. The molecule has 0 saturated carbocycles. The number of ether oxygens (including phenoxy) is 1. The smallest absolute Gasteiger partial charge is 0.387 e. The molecule has 0 aliphatic rings. The number of aliphatic imine (C=N–C) groups is 1. The molecule has 102 valence electrons. The maximum atomic E-state index is 12.2. The summed E-state index contributed by atoms with van der Waals surface area (Å²) in [6.45, 7) is -3.15. The number of allylic oxidation sites excluding steroid dienone is 1. The molecular weight excluding hydrogens is 260 g/mol. The van der Waals surface area contributed by atoms with Crippen molar-refractivity contribution in [1.29, 1.82) is 0 Å². The summed E-state index contributed by atoms with van der Waals surface area (Å²) < 4.78 is 28.6. The van der Waals surface area contributed by atoms with Gasteiger partial charge in [0.15, 0.2) is 0 Å². The largest absolute Gasteiger partial charge is 0.427 e. The Balaban J connectivity index is 3.28. The van der Waals surface area contributed by atoms with E-state index in [1.54, 1.807) is 0 Å². The number of rotatable bonds is 5. The SMILES string of the molecule is CN=CC(=CN)c1ccc([N+](=O)[O-])c(OC(F)F)c1. The zero-order valence-corrected chi connectivity index (χ0v) is 9.92. The number of benzene rings is 1. The van der Waals surface area contributed by atoms with Gasteiger partial charge in [-0.25, -0.2) is 0 Å². The lowest BCUT2D eigenvalue weighted by molar-refractivity contribution is -0.386. The second-order valence-corrected chi connectivity index (χ2v) is 3.33. The number of nitrogens with two attached hydrogens (primary N) is 1. The normalized spacial score (nSPS) is 12.1. The van der Waals surface area contributed by atoms with Crippen LogP contribution >= 0.6 is 0 Å². The van der Waals surface area contributed by atoms with Gasteiger partial charge in [-0.1, -0.05) is 0 Å². The zero-order valence-electron chi connectivity index (χ0n) is 9.92. The molecule has 0 amide bonds. The molecule has 0 aliphatic heterocycles. The molecule has 6 nitrogen and oxygen atoms in total. The van der Waals surface area contributed by atoms with E-state index in [1.807, 2.05) is 0 Å². The van der Waals surface area contributed by atoms with Gasteiger partial charge in [-0.2, -0.15) is 8.78 Å². The molecule has 0 atom stereocenters. The van der Waals surface area contributed by atoms with Crippen molar-refractivity contribution >= 4 is 17.5 Å². The number of nitro groups is 1. The molecule has 0 aliphatic carbocycles. The molecule has 0 saturated heterocycles. The Morgan fingerprint density at radius 3 is 2.74 bits per heavy atom. The summed E-state index contributed by atoms with van der Waals surface area (Å²) in [5.41, 5.74) is 5.63. The highest BCUT2D eigenvalue weighted by molar-refractivity contribution is 6.09. The van der Waals surface area contributed by atoms with Crippen molar-refractivity contribution in [2.45, 2.75) is 6.61 Å². The summed E-state index contributed by atoms with van der Waals surface area (Å²) >= 11 is 0. The molecule has 19 heavy (non-hydrogen) atoms. The van der Waals surface area contributed by atoms with E-state index in [2.05, 4.69) is 9.73 Å². The van der Waals surface area contributed by atoms with Gasteiger partial charge >= 0.3 is 12.3 Å². The molecule has 0 unspecified atom stereocenters. The van der Waals surface area contributed by atoms with Crippen molar-refractivity contribution in [2.75, 3.05) is 7.05 Å². The first-order chi connectivity index (χ1) is 8.99. The van der Waals surface area contributed by atoms with Crippen molar-refractivity contribution < 1.29 is 18.4 Å². The Bertz CT molecular complexity index is 530. The Kier molecular flexibility index (Phi) is 4.92. The summed E-state index contributed by atoms with van der Waals surface area (Å²) in [4.78, 5) is 13.6. The van der Waals surface area contributed by atoms with Gasteiger partial charge < -0.3 is 10.5 Å². The topological polar surface area (TPSA) is 90.8 Å². The molecule has 0 bridgehead atoms. The van der Waals surface area contributed by atoms with Gasteiger partial charge in [-0.05, 0) is 17.7 Å². The molecule has 1 rings (SSSR count). The van der Waals surface area contributed by atoms with E-state index in [0.29, 0.717) is 11.1 Å². The number of nitro benzene ring substituents is 1. The highest BCUT2D eigenvalue weighted by atomic mass is 19.3. The Morgan fingerprint density at radius 2 is 2.26 bits per heavy atom. The molecule has 2 N–H and O–H groups in total. The molecule has 0 radical (unpaired) electrons. The average molecular weight is 271 g/mol. The third kappa shape index (κ3) is 3.73. The van der Waals surface area contributed by atoms with Crippen molar-refractivity contribution in [2.24, 2.45) is 10.7 Å². The van der Waals surface area contributed by atoms with Crippen molar-refractivity contribution in [1.82, 2.24) is 0 Å². The number of nitrogens with zero attached hydrogens (tertiary/aromatic N) is 2. The van der Waals surface area contributed by atoms with Crippen LogP contribution in [0.25, 0.3) is 5.57 Å². The molecule has 1 aromatic carbocycles. The molecule has 0 fully saturated rings. The van der Waals surface area contributed by atoms with Crippen LogP contribution in [0.5, 0.6) is 5.75 Å². The first-order valence-corrected chi connectivity index (χ1v) is 5.07. The second kappa shape index (κ2) is 6.43. The summed E-state index contributed by atoms with van der Waals surface area (Å²) in [7, 11) is 1.51. The van der Waals surface area contributed by atoms with E-state index in [-0.39, 0.29) is 0 Å². The van der Waals surface area contributed by atoms with E-state index in [0.717, 1.165) is 12.1 Å². The molecule has 1 aromatic rings. The quantitative estimate of drug-likeness (QED) is 0.505. The fourth-order valence-corrected chi connectivity index (χ4v) is 1.39. The summed E-state index contributed by atoms with van der Waals surface area (Å²) in [5, 5.41) is 10.7. The van der Waals surface area contributed by atoms with E-state index < -0.39 is 23.0 Å². The first-order valence-electron chi connectivity index (χ1n) is 5.07. The van der Waals surface area contributed by atoms with Crippen LogP contribution in [-0.2, 0) is 0 Å². The van der Waals surface area contributed by atoms with Crippen molar-refractivity contribution in [3.8, 4) is 5.75 Å². The van der Waals surface area contributed by atoms with Crippen LogP contribution in [0.4, 0.5) is 14.5 Å². The van der Waals surface area contributed by atoms with E-state index in [9.17, 15) is 18.9 Å². The van der Waals surface area contributed by atoms with Gasteiger partial charge in [-0.3, -0.25) is 15.1 Å². The van der Waals surface area contributed by atoms with Gasteiger partial charge in [0.25, 0.3) is 0 Å². The van der Waals surface area contributed by atoms with Gasteiger partial charge in [0.2, 0.25) is 5.75 Å². The zero-order chi connectivity index (χ0) is 14.4. The van der Waals surface area contributed by atoms with Gasteiger partial charge in [0.1, 0.15) is 0 Å². The number of hydrogen-bond acceptors (Lipinski definition) is 5. The van der Waals surface area contributed by atoms with Crippen LogP contribution in [0.2, 0.25) is 0 Å². The Labute approximate surface area is 107 Å². The minimum atomic E-state index is -3.15. The summed E-state index contributed by atoms with van der Waals surface area (Å²) in [6.07, 6.45) is 2.60. The molecule has 0 aromatic heterocycles. The van der Waals surface area contributed by atoms with Crippen molar-refractivity contribution in [3.63, 3.8) is 0 Å². The van der Waals surface area contributed by atoms with Gasteiger partial charge in [0, 0.05) is 31.1 Å². The average Bonchev–Trinajstić information content (AvgIpc) is 2.34. The van der Waals surface area contributed by atoms with Crippen LogP contribution in [-0.4, -0.2) is 24.8 Å². The van der Waals surface area contributed by atoms with Crippen LogP contribution < -0.4 is 10.5 Å². The predicted octanol–water partition coefficient (Wildman–Crippen LogP) is 2.20. The van der Waals surface area contributed by atoms with Crippen LogP contribution in [0.3, 0.4) is 0 Å². The fourth-order valence-electron chi connectivity index (χ4n) is 1.39. The summed E-state index contributed by atoms with van der Waals surface area (Å²) in [5.74, 6) is -0.527. The monoisotopic (exact) mass is 271 g/mol. The third-order valence-corrected chi connectivity index (χ3v) is 2.15. The van der Waals surface area contributed by atoms with Crippen molar-refractivity contribution in [3.05, 3.63) is 40.1 Å². The first kappa shape index (κ1) is 14.6. The highest BCUT2D eigenvalue weighted by Crippen LogP contribution is 2.31. The molecular formula is C11H11F2N3O3. The number of hydrogen-bond donors (Lipinski definition) is 1. The van der Waals surface area contributed by atoms with E-state index >= 15 is 0 Å². The maximum Gasteiger partial charge on any atom is 0.387 e.